The molecule has 1 atom stereocenters. The fourth-order valence-corrected chi connectivity index (χ4v) is 4.58. The van der Waals surface area contributed by atoms with Crippen molar-refractivity contribution < 1.29 is 10.2 Å². The molecule has 5 aromatic rings. The predicted molar refractivity (Wildman–Crippen MR) is 133 cm³/mol. The largest absolute Gasteiger partial charge is 0.384 e. The highest BCUT2D eigenvalue weighted by molar-refractivity contribution is 5.86. The molecule has 0 bridgehead atoms. The molecular weight excluding hydrogens is 406 g/mol. The maximum atomic E-state index is 12.5. The molecule has 0 aliphatic rings. The molecule has 4 aromatic carbocycles. The lowest BCUT2D eigenvalue weighted by Crippen LogP contribution is -2.31. The topological polar surface area (TPSA) is 56.2 Å². The first kappa shape index (κ1) is 21.2. The van der Waals surface area contributed by atoms with Crippen molar-refractivity contribution in [3.63, 3.8) is 0 Å². The van der Waals surface area contributed by atoms with Crippen LogP contribution in [0.15, 0.2) is 103 Å². The molecule has 1 aromatic heterocycles. The van der Waals surface area contributed by atoms with Crippen LogP contribution in [0.4, 0.5) is 0 Å². The smallest absolute Gasteiger partial charge is 0.155 e. The highest BCUT2D eigenvalue weighted by Crippen LogP contribution is 2.43. The average molecular weight is 434 g/mol. The summed E-state index contributed by atoms with van der Waals surface area (Å²) < 4.78 is 0. The van der Waals surface area contributed by atoms with E-state index in [4.69, 9.17) is 0 Å². The number of nitrogens with one attached hydrogen (secondary N) is 1. The fourth-order valence-electron chi connectivity index (χ4n) is 4.58. The van der Waals surface area contributed by atoms with Crippen LogP contribution in [-0.2, 0) is 5.60 Å². The van der Waals surface area contributed by atoms with Gasteiger partial charge in [-0.25, -0.2) is 0 Å². The Bertz CT molecular complexity index is 1340. The minimum atomic E-state index is -1.48. The summed E-state index contributed by atoms with van der Waals surface area (Å²) in [5, 5.41) is 25.0. The molecule has 0 saturated heterocycles. The van der Waals surface area contributed by atoms with Crippen LogP contribution in [0.3, 0.4) is 0 Å². The molecule has 0 saturated carbocycles. The Morgan fingerprint density at radius 3 is 1.76 bits per heavy atom. The summed E-state index contributed by atoms with van der Waals surface area (Å²) in [4.78, 5) is 3.47. The molecule has 1 unspecified atom stereocenters. The van der Waals surface area contributed by atoms with Crippen molar-refractivity contribution in [2.45, 2.75) is 25.6 Å². The lowest BCUT2D eigenvalue weighted by molar-refractivity contribution is 0.116. The third-order valence-electron chi connectivity index (χ3n) is 6.44. The summed E-state index contributed by atoms with van der Waals surface area (Å²) in [5.74, 6) is 0. The summed E-state index contributed by atoms with van der Waals surface area (Å²) in [5.41, 5.74) is 5.14. The van der Waals surface area contributed by atoms with Crippen LogP contribution in [0, 0.1) is 13.8 Å². The van der Waals surface area contributed by atoms with Crippen LogP contribution in [0.25, 0.3) is 10.9 Å². The third kappa shape index (κ3) is 3.66. The van der Waals surface area contributed by atoms with Crippen LogP contribution in [0.5, 0.6) is 0 Å². The van der Waals surface area contributed by atoms with Gasteiger partial charge in [0.2, 0.25) is 0 Å². The van der Waals surface area contributed by atoms with E-state index in [1.54, 1.807) is 0 Å². The zero-order valence-corrected chi connectivity index (χ0v) is 18.8. The van der Waals surface area contributed by atoms with Crippen molar-refractivity contribution in [3.05, 3.63) is 142 Å². The van der Waals surface area contributed by atoms with Gasteiger partial charge in [-0.05, 0) is 36.6 Å². The number of aromatic nitrogens is 1. The highest BCUT2D eigenvalue weighted by atomic mass is 16.3. The van der Waals surface area contributed by atoms with E-state index in [9.17, 15) is 10.2 Å². The van der Waals surface area contributed by atoms with Crippen LogP contribution in [0.1, 0.15) is 45.2 Å². The first-order valence-electron chi connectivity index (χ1n) is 11.2. The molecule has 0 fully saturated rings. The highest BCUT2D eigenvalue weighted by Gasteiger charge is 2.39. The Kier molecular flexibility index (Phi) is 5.37. The van der Waals surface area contributed by atoms with Gasteiger partial charge in [0, 0.05) is 16.5 Å². The van der Waals surface area contributed by atoms with E-state index in [1.165, 1.54) is 0 Å². The van der Waals surface area contributed by atoms with Gasteiger partial charge in [-0.1, -0.05) is 108 Å². The van der Waals surface area contributed by atoms with E-state index in [2.05, 4.69) is 4.98 Å². The Morgan fingerprint density at radius 1 is 0.667 bits per heavy atom. The minimum absolute atomic E-state index is 0.577. The second kappa shape index (κ2) is 8.36. The Balaban J connectivity index is 1.83. The van der Waals surface area contributed by atoms with Gasteiger partial charge in [-0.3, -0.25) is 0 Å². The van der Waals surface area contributed by atoms with E-state index in [1.807, 2.05) is 117 Å². The summed E-state index contributed by atoms with van der Waals surface area (Å²) in [6.07, 6.45) is -0.903. The molecule has 3 heteroatoms. The number of aromatic amines is 1. The number of H-pyrrole nitrogens is 1. The van der Waals surface area contributed by atoms with Crippen molar-refractivity contribution in [2.75, 3.05) is 0 Å². The van der Waals surface area contributed by atoms with Crippen LogP contribution < -0.4 is 0 Å². The van der Waals surface area contributed by atoms with Gasteiger partial charge in [0.05, 0.1) is 5.69 Å². The zero-order chi connectivity index (χ0) is 23.0. The average Bonchev–Trinajstić information content (AvgIpc) is 3.24. The van der Waals surface area contributed by atoms with Gasteiger partial charge in [-0.15, -0.1) is 0 Å². The summed E-state index contributed by atoms with van der Waals surface area (Å²) in [7, 11) is 0. The van der Waals surface area contributed by atoms with Crippen molar-refractivity contribution in [1.82, 2.24) is 4.98 Å². The van der Waals surface area contributed by atoms with Crippen molar-refractivity contribution in [1.29, 1.82) is 0 Å². The molecule has 0 aliphatic carbocycles. The standard InChI is InChI=1S/C30H27NO2/c1-20-12-16-23(17-13-20)30(33,24-18-14-21(2)15-19-24)29-27(25-10-6-7-11-26(25)31-29)28(32)22-8-4-3-5-9-22/h3-19,28,31-33H,1-2H3. The number of aliphatic hydroxyl groups is 2. The molecule has 0 aliphatic heterocycles. The van der Waals surface area contributed by atoms with Gasteiger partial charge in [0.25, 0.3) is 0 Å². The van der Waals surface area contributed by atoms with E-state index in [-0.39, 0.29) is 0 Å². The summed E-state index contributed by atoms with van der Waals surface area (Å²) in [6, 6.07) is 33.3. The number of benzene rings is 4. The van der Waals surface area contributed by atoms with Crippen molar-refractivity contribution >= 4 is 10.9 Å². The lowest BCUT2D eigenvalue weighted by atomic mass is 9.80. The van der Waals surface area contributed by atoms with Crippen LogP contribution in [-0.4, -0.2) is 15.2 Å². The first-order chi connectivity index (χ1) is 16.0. The van der Waals surface area contributed by atoms with Crippen molar-refractivity contribution in [2.24, 2.45) is 0 Å². The zero-order valence-electron chi connectivity index (χ0n) is 18.8. The number of hydrogen-bond acceptors (Lipinski definition) is 2. The number of rotatable bonds is 5. The maximum absolute atomic E-state index is 12.5. The number of fused-ring (bicyclic) bond motifs is 1. The normalized spacial score (nSPS) is 12.7. The van der Waals surface area contributed by atoms with Gasteiger partial charge in [0.1, 0.15) is 6.10 Å². The fraction of sp³-hybridized carbons (Fsp3) is 0.133. The second-order valence-corrected chi connectivity index (χ2v) is 8.71. The summed E-state index contributed by atoms with van der Waals surface area (Å²) in [6.45, 7) is 4.06. The molecule has 1 heterocycles. The van der Waals surface area contributed by atoms with Gasteiger partial charge in [0.15, 0.2) is 5.60 Å². The SMILES string of the molecule is Cc1ccc(C(O)(c2ccc(C)cc2)c2[nH]c3ccccc3c2C(O)c2ccccc2)cc1. The molecule has 0 spiro atoms. The van der Waals surface area contributed by atoms with Gasteiger partial charge < -0.3 is 15.2 Å². The molecule has 0 radical (unpaired) electrons. The lowest BCUT2D eigenvalue weighted by Gasteiger charge is -2.31. The Hall–Kier alpha value is -3.66. The van der Waals surface area contributed by atoms with Gasteiger partial charge >= 0.3 is 0 Å². The summed E-state index contributed by atoms with van der Waals surface area (Å²) >= 11 is 0. The molecule has 164 valence electrons. The maximum Gasteiger partial charge on any atom is 0.155 e. The van der Waals surface area contributed by atoms with Crippen LogP contribution >= 0.6 is 0 Å². The third-order valence-corrected chi connectivity index (χ3v) is 6.44. The Morgan fingerprint density at radius 2 is 1.18 bits per heavy atom. The molecule has 3 nitrogen and oxygen atoms in total. The molecule has 5 rings (SSSR count). The van der Waals surface area contributed by atoms with Gasteiger partial charge in [-0.2, -0.15) is 0 Å². The molecule has 0 amide bonds. The number of hydrogen-bond donors (Lipinski definition) is 3. The number of para-hydroxylation sites is 1. The number of aryl methyl sites for hydroxylation is 2. The van der Waals surface area contributed by atoms with E-state index in [0.29, 0.717) is 11.3 Å². The van der Waals surface area contributed by atoms with Crippen LogP contribution in [0.2, 0.25) is 0 Å². The monoisotopic (exact) mass is 433 g/mol. The van der Waals surface area contributed by atoms with E-state index >= 15 is 0 Å². The number of aliphatic hydroxyl groups excluding tert-OH is 1. The quantitative estimate of drug-likeness (QED) is 0.311. The molecular formula is C30H27NO2. The van der Waals surface area contributed by atoms with E-state index < -0.39 is 11.7 Å². The second-order valence-electron chi connectivity index (χ2n) is 8.71. The first-order valence-corrected chi connectivity index (χ1v) is 11.2. The predicted octanol–water partition coefficient (Wildman–Crippen LogP) is 6.15. The van der Waals surface area contributed by atoms with Crippen molar-refractivity contribution in [3.8, 4) is 0 Å². The molecule has 3 N–H and O–H groups in total. The Labute approximate surface area is 194 Å². The minimum Gasteiger partial charge on any atom is -0.384 e. The molecule has 33 heavy (non-hydrogen) atoms. The van der Waals surface area contributed by atoms with E-state index in [0.717, 1.165) is 38.7 Å².